The summed E-state index contributed by atoms with van der Waals surface area (Å²) in [6.07, 6.45) is 1.74. The summed E-state index contributed by atoms with van der Waals surface area (Å²) in [6.45, 7) is 2.40. The average Bonchev–Trinajstić information content (AvgIpc) is 3.23. The number of hydrogen-bond donors (Lipinski definition) is 0. The zero-order chi connectivity index (χ0) is 17.1. The molecule has 0 aliphatic rings. The topological polar surface area (TPSA) is 13.1 Å². The SMILES string of the molecule is C[P+](c1ccccc1)(c1ccccc1)c1ccccc1-c1ccco1. The molecule has 0 fully saturated rings. The van der Waals surface area contributed by atoms with E-state index >= 15 is 0 Å². The molecule has 0 amide bonds. The molecule has 0 N–H and O–H groups in total. The molecule has 4 aromatic rings. The molecule has 0 spiro atoms. The number of hydrogen-bond acceptors (Lipinski definition) is 1. The predicted molar refractivity (Wildman–Crippen MR) is 109 cm³/mol. The van der Waals surface area contributed by atoms with Gasteiger partial charge in [-0.25, -0.2) is 0 Å². The molecule has 25 heavy (non-hydrogen) atoms. The van der Waals surface area contributed by atoms with Crippen LogP contribution in [0.1, 0.15) is 0 Å². The maximum absolute atomic E-state index is 5.74. The van der Waals surface area contributed by atoms with Crippen molar-refractivity contribution in [1.82, 2.24) is 0 Å². The van der Waals surface area contributed by atoms with Gasteiger partial charge in [0.05, 0.1) is 18.5 Å². The molecule has 1 nitrogen and oxygen atoms in total. The van der Waals surface area contributed by atoms with Crippen LogP contribution in [0.3, 0.4) is 0 Å². The van der Waals surface area contributed by atoms with Gasteiger partial charge in [0.1, 0.15) is 28.9 Å². The van der Waals surface area contributed by atoms with Crippen molar-refractivity contribution < 1.29 is 4.42 Å². The Morgan fingerprint density at radius 3 is 1.72 bits per heavy atom. The van der Waals surface area contributed by atoms with E-state index in [2.05, 4.69) is 91.6 Å². The lowest BCUT2D eigenvalue weighted by Crippen LogP contribution is -2.31. The van der Waals surface area contributed by atoms with Gasteiger partial charge in [-0.1, -0.05) is 48.5 Å². The maximum Gasteiger partial charge on any atom is 0.137 e. The quantitative estimate of drug-likeness (QED) is 0.482. The summed E-state index contributed by atoms with van der Waals surface area (Å²) < 4.78 is 5.74. The maximum atomic E-state index is 5.74. The van der Waals surface area contributed by atoms with E-state index in [0.717, 1.165) is 5.76 Å². The summed E-state index contributed by atoms with van der Waals surface area (Å²) >= 11 is 0. The van der Waals surface area contributed by atoms with Crippen molar-refractivity contribution in [2.45, 2.75) is 0 Å². The summed E-state index contributed by atoms with van der Waals surface area (Å²) in [5.74, 6) is 0.925. The molecule has 0 bridgehead atoms. The Labute approximate surface area is 149 Å². The molecule has 1 heterocycles. The van der Waals surface area contributed by atoms with Gasteiger partial charge in [0.25, 0.3) is 0 Å². The Hall–Kier alpha value is -2.63. The van der Waals surface area contributed by atoms with Crippen LogP contribution in [0.25, 0.3) is 11.3 Å². The van der Waals surface area contributed by atoms with E-state index in [1.165, 1.54) is 21.5 Å². The Kier molecular flexibility index (Phi) is 4.26. The van der Waals surface area contributed by atoms with Gasteiger partial charge in [0.15, 0.2) is 0 Å². The molecular weight excluding hydrogens is 323 g/mol. The first-order valence-corrected chi connectivity index (χ1v) is 10.6. The van der Waals surface area contributed by atoms with Gasteiger partial charge in [-0.3, -0.25) is 0 Å². The highest BCUT2D eigenvalue weighted by molar-refractivity contribution is 7.95. The first-order valence-electron chi connectivity index (χ1n) is 8.41. The molecule has 0 saturated heterocycles. The second-order valence-corrected chi connectivity index (χ2v) is 9.70. The van der Waals surface area contributed by atoms with Crippen LogP contribution in [0.15, 0.2) is 108 Å². The van der Waals surface area contributed by atoms with E-state index in [1.54, 1.807) is 6.26 Å². The molecule has 122 valence electrons. The molecule has 0 aliphatic carbocycles. The lowest BCUT2D eigenvalue weighted by atomic mass is 10.2. The van der Waals surface area contributed by atoms with Crippen LogP contribution in [0, 0.1) is 0 Å². The highest BCUT2D eigenvalue weighted by Crippen LogP contribution is 2.53. The summed E-state index contributed by atoms with van der Waals surface area (Å²) in [5, 5.41) is 4.10. The van der Waals surface area contributed by atoms with Crippen LogP contribution < -0.4 is 15.9 Å². The normalized spacial score (nSPS) is 11.4. The Morgan fingerprint density at radius 2 is 1.16 bits per heavy atom. The summed E-state index contributed by atoms with van der Waals surface area (Å²) in [7, 11) is -1.77. The predicted octanol–water partition coefficient (Wildman–Crippen LogP) is 4.87. The van der Waals surface area contributed by atoms with E-state index in [0.29, 0.717) is 0 Å². The van der Waals surface area contributed by atoms with Crippen molar-refractivity contribution in [1.29, 1.82) is 0 Å². The van der Waals surface area contributed by atoms with E-state index in [-0.39, 0.29) is 0 Å². The third-order valence-corrected chi connectivity index (χ3v) is 8.73. The highest BCUT2D eigenvalue weighted by Gasteiger charge is 2.42. The molecule has 0 aliphatic heterocycles. The number of furan rings is 1. The summed E-state index contributed by atoms with van der Waals surface area (Å²) in [4.78, 5) is 0. The smallest absolute Gasteiger partial charge is 0.137 e. The second kappa shape index (κ2) is 6.70. The van der Waals surface area contributed by atoms with E-state index in [1.807, 2.05) is 12.1 Å². The Bertz CT molecular complexity index is 904. The van der Waals surface area contributed by atoms with E-state index in [9.17, 15) is 0 Å². The number of benzene rings is 3. The molecule has 0 radical (unpaired) electrons. The van der Waals surface area contributed by atoms with Crippen molar-refractivity contribution in [3.05, 3.63) is 103 Å². The Balaban J connectivity index is 2.01. The molecule has 2 heteroatoms. The minimum absolute atomic E-state index is 0.925. The second-order valence-electron chi connectivity index (χ2n) is 6.17. The van der Waals surface area contributed by atoms with Gasteiger partial charge in [-0.05, 0) is 48.5 Å². The lowest BCUT2D eigenvalue weighted by Gasteiger charge is -2.24. The van der Waals surface area contributed by atoms with Gasteiger partial charge < -0.3 is 4.42 Å². The molecule has 0 atom stereocenters. The van der Waals surface area contributed by atoms with E-state index < -0.39 is 7.26 Å². The fourth-order valence-corrected chi connectivity index (χ4v) is 6.83. The zero-order valence-corrected chi connectivity index (χ0v) is 15.1. The van der Waals surface area contributed by atoms with Gasteiger partial charge >= 0.3 is 0 Å². The van der Waals surface area contributed by atoms with Crippen LogP contribution in [-0.2, 0) is 0 Å². The molecule has 1 aromatic heterocycles. The Morgan fingerprint density at radius 1 is 0.600 bits per heavy atom. The average molecular weight is 343 g/mol. The van der Waals surface area contributed by atoms with Crippen LogP contribution in [0.4, 0.5) is 0 Å². The summed E-state index contributed by atoms with van der Waals surface area (Å²) in [6, 6.07) is 34.3. The zero-order valence-electron chi connectivity index (χ0n) is 14.2. The van der Waals surface area contributed by atoms with Gasteiger partial charge in [0.2, 0.25) is 0 Å². The molecule has 0 unspecified atom stereocenters. The molecule has 3 aromatic carbocycles. The van der Waals surface area contributed by atoms with Crippen LogP contribution in [0.5, 0.6) is 0 Å². The number of rotatable bonds is 4. The fraction of sp³-hybridized carbons (Fsp3) is 0.0435. The molecular formula is C23H20OP+. The van der Waals surface area contributed by atoms with E-state index in [4.69, 9.17) is 4.42 Å². The minimum Gasteiger partial charge on any atom is -0.464 e. The van der Waals surface area contributed by atoms with Crippen LogP contribution in [0.2, 0.25) is 0 Å². The summed E-state index contributed by atoms with van der Waals surface area (Å²) in [5.41, 5.74) is 1.18. The van der Waals surface area contributed by atoms with Crippen LogP contribution >= 0.6 is 7.26 Å². The lowest BCUT2D eigenvalue weighted by molar-refractivity contribution is 0.583. The third-order valence-electron chi connectivity index (χ3n) is 4.72. The minimum atomic E-state index is -1.77. The highest BCUT2D eigenvalue weighted by atomic mass is 31.2. The van der Waals surface area contributed by atoms with Crippen molar-refractivity contribution in [3.8, 4) is 11.3 Å². The largest absolute Gasteiger partial charge is 0.464 e. The monoisotopic (exact) mass is 343 g/mol. The standard InChI is InChI=1S/C23H20OP/c1-25(19-11-4-2-5-12-19,20-13-6-3-7-14-20)23-17-9-8-15-21(23)22-16-10-18-24-22/h2-18H,1H3/q+1. The first kappa shape index (κ1) is 15.9. The van der Waals surface area contributed by atoms with Gasteiger partial charge in [-0.15, -0.1) is 0 Å². The van der Waals surface area contributed by atoms with Crippen molar-refractivity contribution in [2.24, 2.45) is 0 Å². The fourth-order valence-electron chi connectivity index (χ4n) is 3.38. The molecule has 0 saturated carbocycles. The third kappa shape index (κ3) is 2.81. The van der Waals surface area contributed by atoms with Crippen molar-refractivity contribution in [2.75, 3.05) is 6.66 Å². The van der Waals surface area contributed by atoms with Crippen molar-refractivity contribution >= 4 is 23.2 Å². The first-order chi connectivity index (χ1) is 12.3. The van der Waals surface area contributed by atoms with Crippen LogP contribution in [-0.4, -0.2) is 6.66 Å². The van der Waals surface area contributed by atoms with Crippen molar-refractivity contribution in [3.63, 3.8) is 0 Å². The molecule has 4 rings (SSSR count). The van der Waals surface area contributed by atoms with Gasteiger partial charge in [-0.2, -0.15) is 0 Å². The van der Waals surface area contributed by atoms with Gasteiger partial charge in [0, 0.05) is 0 Å².